The standard InChI is InChI=1S/C17H15FN2S/c18-13-6-2-1-5-12(13)17(10-19-11-17)9-16-20-14-7-3-4-8-15(14)21-16/h1-8,19H,9-11H2. The van der Waals surface area contributed by atoms with Crippen molar-refractivity contribution in [3.05, 3.63) is 64.9 Å². The fraction of sp³-hybridized carbons (Fsp3) is 0.235. The average molecular weight is 298 g/mol. The Morgan fingerprint density at radius 3 is 2.57 bits per heavy atom. The molecule has 1 fully saturated rings. The molecule has 106 valence electrons. The molecule has 2 aromatic carbocycles. The third-order valence-electron chi connectivity index (χ3n) is 4.20. The number of hydrogen-bond acceptors (Lipinski definition) is 3. The molecule has 4 rings (SSSR count). The Labute approximate surface area is 126 Å². The molecule has 0 radical (unpaired) electrons. The summed E-state index contributed by atoms with van der Waals surface area (Å²) in [7, 11) is 0. The molecule has 2 heterocycles. The topological polar surface area (TPSA) is 24.9 Å². The predicted octanol–water partition coefficient (Wildman–Crippen LogP) is 3.52. The number of rotatable bonds is 3. The number of benzene rings is 2. The van der Waals surface area contributed by atoms with E-state index in [9.17, 15) is 4.39 Å². The van der Waals surface area contributed by atoms with Gasteiger partial charge >= 0.3 is 0 Å². The quantitative estimate of drug-likeness (QED) is 0.800. The molecule has 0 atom stereocenters. The van der Waals surface area contributed by atoms with Crippen LogP contribution in [-0.4, -0.2) is 18.1 Å². The van der Waals surface area contributed by atoms with Gasteiger partial charge in [0.15, 0.2) is 0 Å². The van der Waals surface area contributed by atoms with Gasteiger partial charge in [0.2, 0.25) is 0 Å². The summed E-state index contributed by atoms with van der Waals surface area (Å²) in [4.78, 5) is 4.70. The number of nitrogens with one attached hydrogen (secondary N) is 1. The minimum atomic E-state index is -0.154. The van der Waals surface area contributed by atoms with E-state index in [0.29, 0.717) is 0 Å². The Bertz CT molecular complexity index is 759. The molecule has 1 aliphatic heterocycles. The van der Waals surface area contributed by atoms with Crippen LogP contribution in [0, 0.1) is 5.82 Å². The first-order valence-corrected chi connectivity index (χ1v) is 7.89. The lowest BCUT2D eigenvalue weighted by Crippen LogP contribution is -2.58. The molecule has 0 unspecified atom stereocenters. The normalized spacial score (nSPS) is 16.8. The SMILES string of the molecule is Fc1ccccc1C1(Cc2nc3ccccc3s2)CNC1. The third-order valence-corrected chi connectivity index (χ3v) is 5.24. The summed E-state index contributed by atoms with van der Waals surface area (Å²) in [5.41, 5.74) is 1.69. The zero-order valence-corrected chi connectivity index (χ0v) is 12.3. The Morgan fingerprint density at radius 2 is 1.86 bits per heavy atom. The van der Waals surface area contributed by atoms with Crippen LogP contribution in [0.25, 0.3) is 10.2 Å². The van der Waals surface area contributed by atoms with E-state index in [2.05, 4.69) is 11.4 Å². The van der Waals surface area contributed by atoms with E-state index in [4.69, 9.17) is 4.98 Å². The van der Waals surface area contributed by atoms with Crippen LogP contribution < -0.4 is 5.32 Å². The fourth-order valence-corrected chi connectivity index (χ4v) is 4.12. The van der Waals surface area contributed by atoms with E-state index in [1.165, 1.54) is 4.70 Å². The van der Waals surface area contributed by atoms with Crippen molar-refractivity contribution in [3.8, 4) is 0 Å². The van der Waals surface area contributed by atoms with Crippen molar-refractivity contribution >= 4 is 21.6 Å². The van der Waals surface area contributed by atoms with Crippen molar-refractivity contribution in [1.29, 1.82) is 0 Å². The van der Waals surface area contributed by atoms with Crippen LogP contribution in [0.1, 0.15) is 10.6 Å². The van der Waals surface area contributed by atoms with E-state index >= 15 is 0 Å². The zero-order chi connectivity index (χ0) is 14.3. The summed E-state index contributed by atoms with van der Waals surface area (Å²) in [6.07, 6.45) is 0.792. The van der Waals surface area contributed by atoms with Crippen molar-refractivity contribution in [2.75, 3.05) is 13.1 Å². The fourth-order valence-electron chi connectivity index (χ4n) is 3.01. The Hall–Kier alpha value is -1.78. The second-order valence-electron chi connectivity index (χ2n) is 5.62. The maximum atomic E-state index is 14.2. The van der Waals surface area contributed by atoms with Crippen LogP contribution in [0.2, 0.25) is 0 Å². The van der Waals surface area contributed by atoms with Crippen LogP contribution in [0.5, 0.6) is 0 Å². The molecule has 0 amide bonds. The molecule has 1 N–H and O–H groups in total. The largest absolute Gasteiger partial charge is 0.315 e. The van der Waals surface area contributed by atoms with Crippen LogP contribution in [0.4, 0.5) is 4.39 Å². The summed E-state index contributed by atoms with van der Waals surface area (Å²) < 4.78 is 15.4. The average Bonchev–Trinajstić information content (AvgIpc) is 2.86. The highest BCUT2D eigenvalue weighted by molar-refractivity contribution is 7.18. The van der Waals surface area contributed by atoms with E-state index in [0.717, 1.165) is 35.6 Å². The second kappa shape index (κ2) is 4.90. The van der Waals surface area contributed by atoms with E-state index in [1.54, 1.807) is 23.5 Å². The lowest BCUT2D eigenvalue weighted by molar-refractivity contribution is 0.265. The molecule has 1 saturated heterocycles. The molecule has 1 aromatic heterocycles. The third kappa shape index (κ3) is 2.15. The zero-order valence-electron chi connectivity index (χ0n) is 11.5. The molecule has 1 aliphatic rings. The van der Waals surface area contributed by atoms with Crippen molar-refractivity contribution in [2.45, 2.75) is 11.8 Å². The number of para-hydroxylation sites is 1. The maximum absolute atomic E-state index is 14.2. The van der Waals surface area contributed by atoms with Gasteiger partial charge in [0.1, 0.15) is 5.82 Å². The molecule has 0 spiro atoms. The summed E-state index contributed by atoms with van der Waals surface area (Å²) in [5, 5.41) is 4.38. The molecule has 4 heteroatoms. The second-order valence-corrected chi connectivity index (χ2v) is 6.73. The first kappa shape index (κ1) is 12.9. The highest BCUT2D eigenvalue weighted by Crippen LogP contribution is 2.36. The van der Waals surface area contributed by atoms with Crippen molar-refractivity contribution in [2.24, 2.45) is 0 Å². The molecule has 0 aliphatic carbocycles. The molecular formula is C17H15FN2S. The van der Waals surface area contributed by atoms with Gasteiger partial charge in [0.05, 0.1) is 15.2 Å². The monoisotopic (exact) mass is 298 g/mol. The number of fused-ring (bicyclic) bond motifs is 1. The van der Waals surface area contributed by atoms with E-state index < -0.39 is 0 Å². The number of aromatic nitrogens is 1. The van der Waals surface area contributed by atoms with Gasteiger partial charge in [0, 0.05) is 24.9 Å². The van der Waals surface area contributed by atoms with Crippen molar-refractivity contribution in [1.82, 2.24) is 10.3 Å². The molecule has 3 aromatic rings. The summed E-state index contributed by atoms with van der Waals surface area (Å²) in [6.45, 7) is 1.62. The first-order valence-electron chi connectivity index (χ1n) is 7.07. The van der Waals surface area contributed by atoms with Gasteiger partial charge in [-0.3, -0.25) is 0 Å². The molecule has 0 bridgehead atoms. The summed E-state index contributed by atoms with van der Waals surface area (Å²) in [6, 6.07) is 15.3. The lowest BCUT2D eigenvalue weighted by Gasteiger charge is -2.43. The number of hydrogen-bond donors (Lipinski definition) is 1. The van der Waals surface area contributed by atoms with E-state index in [1.807, 2.05) is 30.3 Å². The van der Waals surface area contributed by atoms with Crippen molar-refractivity contribution < 1.29 is 4.39 Å². The smallest absolute Gasteiger partial charge is 0.127 e. The first-order chi connectivity index (χ1) is 10.3. The highest BCUT2D eigenvalue weighted by atomic mass is 32.1. The van der Waals surface area contributed by atoms with Gasteiger partial charge in [-0.25, -0.2) is 9.37 Å². The van der Waals surface area contributed by atoms with Gasteiger partial charge in [0.25, 0.3) is 0 Å². The van der Waals surface area contributed by atoms with Gasteiger partial charge in [-0.1, -0.05) is 30.3 Å². The number of nitrogens with zero attached hydrogens (tertiary/aromatic N) is 1. The molecular weight excluding hydrogens is 283 g/mol. The molecule has 21 heavy (non-hydrogen) atoms. The van der Waals surface area contributed by atoms with Crippen LogP contribution in [0.15, 0.2) is 48.5 Å². The van der Waals surface area contributed by atoms with Crippen LogP contribution in [0.3, 0.4) is 0 Å². The Kier molecular flexibility index (Phi) is 3.01. The maximum Gasteiger partial charge on any atom is 0.127 e. The summed E-state index contributed by atoms with van der Waals surface area (Å²) >= 11 is 1.71. The predicted molar refractivity (Wildman–Crippen MR) is 84.3 cm³/mol. The summed E-state index contributed by atoms with van der Waals surface area (Å²) in [5.74, 6) is -0.111. The van der Waals surface area contributed by atoms with Gasteiger partial charge in [-0.2, -0.15) is 0 Å². The highest BCUT2D eigenvalue weighted by Gasteiger charge is 2.41. The lowest BCUT2D eigenvalue weighted by atomic mass is 9.72. The molecule has 0 saturated carbocycles. The van der Waals surface area contributed by atoms with Gasteiger partial charge < -0.3 is 5.32 Å². The molecule has 2 nitrogen and oxygen atoms in total. The van der Waals surface area contributed by atoms with Crippen molar-refractivity contribution in [3.63, 3.8) is 0 Å². The van der Waals surface area contributed by atoms with Gasteiger partial charge in [-0.15, -0.1) is 11.3 Å². The number of thiazole rings is 1. The Morgan fingerprint density at radius 1 is 1.10 bits per heavy atom. The minimum Gasteiger partial charge on any atom is -0.315 e. The van der Waals surface area contributed by atoms with Gasteiger partial charge in [-0.05, 0) is 23.8 Å². The van der Waals surface area contributed by atoms with Crippen LogP contribution in [-0.2, 0) is 11.8 Å². The number of halogens is 1. The minimum absolute atomic E-state index is 0.111. The Balaban J connectivity index is 1.72. The van der Waals surface area contributed by atoms with E-state index in [-0.39, 0.29) is 11.2 Å². The van der Waals surface area contributed by atoms with Crippen LogP contribution >= 0.6 is 11.3 Å².